The number of hydrogen-bond donors (Lipinski definition) is 3. The van der Waals surface area contributed by atoms with Crippen LogP contribution in [0.5, 0.6) is 0 Å². The summed E-state index contributed by atoms with van der Waals surface area (Å²) in [6.45, 7) is 3.66. The molecule has 3 N–H and O–H groups in total. The molecule has 5 nitrogen and oxygen atoms in total. The second-order valence-corrected chi connectivity index (χ2v) is 6.08. The minimum absolute atomic E-state index is 0.0568. The van der Waals surface area contributed by atoms with Crippen LogP contribution in [0.1, 0.15) is 57.8 Å². The Bertz CT molecular complexity index is 425. The minimum Gasteiger partial charge on any atom is -0.467 e. The quantitative estimate of drug-likeness (QED) is 0.751. The first-order valence-corrected chi connectivity index (χ1v) is 7.79. The predicted octanol–water partition coefficient (Wildman–Crippen LogP) is 2.13. The van der Waals surface area contributed by atoms with Crippen LogP contribution in [0.2, 0.25) is 0 Å². The average molecular weight is 294 g/mol. The van der Waals surface area contributed by atoms with E-state index in [9.17, 15) is 9.90 Å². The van der Waals surface area contributed by atoms with Crippen molar-refractivity contribution in [3.63, 3.8) is 0 Å². The molecule has 1 aliphatic rings. The van der Waals surface area contributed by atoms with Crippen LogP contribution in [-0.4, -0.2) is 29.1 Å². The van der Waals surface area contributed by atoms with E-state index in [1.165, 1.54) is 0 Å². The first kappa shape index (κ1) is 16.0. The maximum Gasteiger partial charge on any atom is 0.217 e. The normalized spacial score (nSPS) is 25.3. The standard InChI is InChI=1S/C16H26N2O3/c1-11(10-15(20)16-4-3-9-21-16)17-13-5-7-14(8-6-13)18-12(2)19/h3-4,9,11,13-15,17,20H,5-8,10H2,1-2H3,(H,18,19)/t11-,13?,14?,15-/m0/s1. The van der Waals surface area contributed by atoms with Gasteiger partial charge in [-0.05, 0) is 51.2 Å². The first-order valence-electron chi connectivity index (χ1n) is 7.79. The van der Waals surface area contributed by atoms with Crippen molar-refractivity contribution < 1.29 is 14.3 Å². The summed E-state index contributed by atoms with van der Waals surface area (Å²) in [6.07, 6.45) is 5.82. The number of aliphatic hydroxyl groups excluding tert-OH is 1. The Labute approximate surface area is 126 Å². The van der Waals surface area contributed by atoms with Gasteiger partial charge in [-0.2, -0.15) is 0 Å². The number of hydrogen-bond acceptors (Lipinski definition) is 4. The van der Waals surface area contributed by atoms with Crippen LogP contribution >= 0.6 is 0 Å². The molecule has 0 saturated heterocycles. The van der Waals surface area contributed by atoms with Gasteiger partial charge in [0.2, 0.25) is 5.91 Å². The second-order valence-electron chi connectivity index (χ2n) is 6.08. The average Bonchev–Trinajstić information content (AvgIpc) is 2.94. The van der Waals surface area contributed by atoms with Crippen LogP contribution < -0.4 is 10.6 Å². The predicted molar refractivity (Wildman–Crippen MR) is 80.7 cm³/mol. The molecule has 5 heteroatoms. The molecule has 1 aromatic rings. The summed E-state index contributed by atoms with van der Waals surface area (Å²) < 4.78 is 5.22. The van der Waals surface area contributed by atoms with E-state index in [-0.39, 0.29) is 11.9 Å². The third-order valence-corrected chi connectivity index (χ3v) is 4.10. The Morgan fingerprint density at radius 2 is 2.05 bits per heavy atom. The zero-order chi connectivity index (χ0) is 15.2. The number of nitrogens with one attached hydrogen (secondary N) is 2. The highest BCUT2D eigenvalue weighted by Crippen LogP contribution is 2.22. The fraction of sp³-hybridized carbons (Fsp3) is 0.688. The molecule has 0 aliphatic heterocycles. The molecule has 1 saturated carbocycles. The van der Waals surface area contributed by atoms with E-state index in [4.69, 9.17) is 4.42 Å². The summed E-state index contributed by atoms with van der Waals surface area (Å²) in [7, 11) is 0. The van der Waals surface area contributed by atoms with Crippen molar-refractivity contribution in [2.45, 2.75) is 70.2 Å². The van der Waals surface area contributed by atoms with Crippen LogP contribution in [0.25, 0.3) is 0 Å². The van der Waals surface area contributed by atoms with Gasteiger partial charge >= 0.3 is 0 Å². The van der Waals surface area contributed by atoms with Gasteiger partial charge in [0.1, 0.15) is 11.9 Å². The molecule has 1 aliphatic carbocycles. The van der Waals surface area contributed by atoms with Crippen molar-refractivity contribution in [2.75, 3.05) is 0 Å². The van der Waals surface area contributed by atoms with Gasteiger partial charge in [-0.3, -0.25) is 4.79 Å². The molecule has 2 rings (SSSR count). The molecule has 0 aromatic carbocycles. The lowest BCUT2D eigenvalue weighted by atomic mass is 9.90. The second kappa shape index (κ2) is 7.61. The summed E-state index contributed by atoms with van der Waals surface area (Å²) in [5.74, 6) is 0.680. The number of amides is 1. The number of aliphatic hydroxyl groups is 1. The van der Waals surface area contributed by atoms with E-state index in [0.717, 1.165) is 25.7 Å². The number of furan rings is 1. The lowest BCUT2D eigenvalue weighted by Crippen LogP contribution is -2.44. The van der Waals surface area contributed by atoms with E-state index in [1.54, 1.807) is 25.3 Å². The van der Waals surface area contributed by atoms with Gasteiger partial charge in [-0.1, -0.05) is 0 Å². The molecule has 2 atom stereocenters. The Morgan fingerprint density at radius 1 is 1.38 bits per heavy atom. The highest BCUT2D eigenvalue weighted by Gasteiger charge is 2.23. The summed E-state index contributed by atoms with van der Waals surface area (Å²) in [6, 6.07) is 4.61. The molecule has 1 fully saturated rings. The zero-order valence-corrected chi connectivity index (χ0v) is 12.8. The Morgan fingerprint density at radius 3 is 2.62 bits per heavy atom. The fourth-order valence-electron chi connectivity index (χ4n) is 3.09. The van der Waals surface area contributed by atoms with Crippen molar-refractivity contribution in [1.82, 2.24) is 10.6 Å². The number of rotatable bonds is 6. The third kappa shape index (κ3) is 5.17. The van der Waals surface area contributed by atoms with Gasteiger partial charge in [0.25, 0.3) is 0 Å². The van der Waals surface area contributed by atoms with E-state index >= 15 is 0 Å². The Hall–Kier alpha value is -1.33. The molecule has 0 bridgehead atoms. The van der Waals surface area contributed by atoms with Gasteiger partial charge in [0.05, 0.1) is 6.26 Å². The number of carbonyl (C=O) groups excluding carboxylic acids is 1. The zero-order valence-electron chi connectivity index (χ0n) is 12.8. The van der Waals surface area contributed by atoms with Crippen molar-refractivity contribution >= 4 is 5.91 Å². The van der Waals surface area contributed by atoms with Gasteiger partial charge in [0, 0.05) is 25.0 Å². The summed E-state index contributed by atoms with van der Waals surface area (Å²) >= 11 is 0. The smallest absolute Gasteiger partial charge is 0.217 e. The highest BCUT2D eigenvalue weighted by atomic mass is 16.4. The van der Waals surface area contributed by atoms with Crippen molar-refractivity contribution in [3.8, 4) is 0 Å². The maximum absolute atomic E-state index is 11.0. The molecule has 0 unspecified atom stereocenters. The van der Waals surface area contributed by atoms with Crippen molar-refractivity contribution in [2.24, 2.45) is 0 Å². The minimum atomic E-state index is -0.557. The van der Waals surface area contributed by atoms with Gasteiger partial charge in [0.15, 0.2) is 0 Å². The summed E-state index contributed by atoms with van der Waals surface area (Å²) in [5.41, 5.74) is 0. The van der Waals surface area contributed by atoms with Crippen LogP contribution in [0, 0.1) is 0 Å². The van der Waals surface area contributed by atoms with E-state index in [2.05, 4.69) is 17.6 Å². The molecule has 0 spiro atoms. The van der Waals surface area contributed by atoms with Crippen LogP contribution in [0.3, 0.4) is 0 Å². The topological polar surface area (TPSA) is 74.5 Å². The van der Waals surface area contributed by atoms with E-state index in [0.29, 0.717) is 24.3 Å². The lowest BCUT2D eigenvalue weighted by Gasteiger charge is -2.31. The Balaban J connectivity index is 1.69. The van der Waals surface area contributed by atoms with Gasteiger partial charge in [-0.15, -0.1) is 0 Å². The molecule has 1 heterocycles. The summed E-state index contributed by atoms with van der Waals surface area (Å²) in [4.78, 5) is 11.0. The van der Waals surface area contributed by atoms with Crippen molar-refractivity contribution in [1.29, 1.82) is 0 Å². The molecule has 0 radical (unpaired) electrons. The van der Waals surface area contributed by atoms with Crippen LogP contribution in [-0.2, 0) is 4.79 Å². The van der Waals surface area contributed by atoms with Gasteiger partial charge in [-0.25, -0.2) is 0 Å². The molecular formula is C16H26N2O3. The highest BCUT2D eigenvalue weighted by molar-refractivity contribution is 5.73. The van der Waals surface area contributed by atoms with Crippen LogP contribution in [0.15, 0.2) is 22.8 Å². The monoisotopic (exact) mass is 294 g/mol. The van der Waals surface area contributed by atoms with Crippen LogP contribution in [0.4, 0.5) is 0 Å². The van der Waals surface area contributed by atoms with Gasteiger partial charge < -0.3 is 20.2 Å². The number of carbonyl (C=O) groups is 1. The van der Waals surface area contributed by atoms with E-state index < -0.39 is 6.10 Å². The Kier molecular flexibility index (Phi) is 5.82. The molecular weight excluding hydrogens is 268 g/mol. The molecule has 118 valence electrons. The lowest BCUT2D eigenvalue weighted by molar-refractivity contribution is -0.119. The largest absolute Gasteiger partial charge is 0.467 e. The third-order valence-electron chi connectivity index (χ3n) is 4.10. The van der Waals surface area contributed by atoms with E-state index in [1.807, 2.05) is 0 Å². The summed E-state index contributed by atoms with van der Waals surface area (Å²) in [5, 5.41) is 16.6. The first-order chi connectivity index (χ1) is 10.0. The molecule has 1 aromatic heterocycles. The maximum atomic E-state index is 11.0. The fourth-order valence-corrected chi connectivity index (χ4v) is 3.09. The molecule has 21 heavy (non-hydrogen) atoms. The SMILES string of the molecule is CC(=O)NC1CCC(N[C@@H](C)C[C@H](O)c2ccco2)CC1. The van der Waals surface area contributed by atoms with Crippen molar-refractivity contribution in [3.05, 3.63) is 24.2 Å². The molecule has 1 amide bonds.